The maximum Gasteiger partial charge on any atom is 0.335 e. The van der Waals surface area contributed by atoms with Crippen LogP contribution in [-0.2, 0) is 4.74 Å². The van der Waals surface area contributed by atoms with Crippen LogP contribution in [0, 0.1) is 5.92 Å². The molecule has 1 atom stereocenters. The first-order valence-electron chi connectivity index (χ1n) is 6.73. The van der Waals surface area contributed by atoms with E-state index in [2.05, 4.69) is 0 Å². The van der Waals surface area contributed by atoms with E-state index in [0.29, 0.717) is 24.6 Å². The molecule has 0 bridgehead atoms. The molecule has 1 aliphatic heterocycles. The molecule has 2 rings (SSSR count). The number of carbonyl (C=O) groups excluding carboxylic acids is 1. The second kappa shape index (κ2) is 6.52. The summed E-state index contributed by atoms with van der Waals surface area (Å²) in [5.41, 5.74) is 0.573. The predicted octanol–water partition coefficient (Wildman–Crippen LogP) is 1.88. The van der Waals surface area contributed by atoms with Gasteiger partial charge in [-0.2, -0.15) is 0 Å². The molecular formula is C15H19NO4. The Hall–Kier alpha value is -1.88. The summed E-state index contributed by atoms with van der Waals surface area (Å²) >= 11 is 0. The summed E-state index contributed by atoms with van der Waals surface area (Å²) in [4.78, 5) is 25.2. The molecule has 0 spiro atoms. The monoisotopic (exact) mass is 277 g/mol. The minimum Gasteiger partial charge on any atom is -0.478 e. The number of aromatic carboxylic acids is 1. The Balaban J connectivity index is 2.10. The number of benzene rings is 1. The van der Waals surface area contributed by atoms with E-state index < -0.39 is 5.97 Å². The molecule has 1 aromatic carbocycles. The minimum atomic E-state index is -1.02. The number of likely N-dealkylation sites (tertiary alicyclic amines) is 1. The Morgan fingerprint density at radius 2 is 2.15 bits per heavy atom. The van der Waals surface area contributed by atoms with Gasteiger partial charge in [0, 0.05) is 25.8 Å². The number of amides is 1. The molecule has 1 aliphatic rings. The summed E-state index contributed by atoms with van der Waals surface area (Å²) in [6, 6.07) is 6.19. The third kappa shape index (κ3) is 3.36. The molecular weight excluding hydrogens is 258 g/mol. The maximum atomic E-state index is 12.4. The molecule has 0 aliphatic carbocycles. The minimum absolute atomic E-state index is 0.103. The molecule has 1 amide bonds. The Bertz CT molecular complexity index is 498. The predicted molar refractivity (Wildman–Crippen MR) is 73.9 cm³/mol. The lowest BCUT2D eigenvalue weighted by molar-refractivity contribution is 0.0571. The fourth-order valence-corrected chi connectivity index (χ4v) is 2.59. The molecule has 108 valence electrons. The van der Waals surface area contributed by atoms with E-state index in [4.69, 9.17) is 9.84 Å². The van der Waals surface area contributed by atoms with Crippen molar-refractivity contribution >= 4 is 11.9 Å². The van der Waals surface area contributed by atoms with Crippen molar-refractivity contribution in [2.24, 2.45) is 5.92 Å². The third-order valence-corrected chi connectivity index (χ3v) is 3.57. The lowest BCUT2D eigenvalue weighted by Gasteiger charge is -2.32. The van der Waals surface area contributed by atoms with Gasteiger partial charge in [0.05, 0.1) is 12.2 Å². The van der Waals surface area contributed by atoms with Gasteiger partial charge in [0.2, 0.25) is 0 Å². The van der Waals surface area contributed by atoms with E-state index in [1.807, 2.05) is 0 Å². The first-order valence-corrected chi connectivity index (χ1v) is 6.73. The van der Waals surface area contributed by atoms with Gasteiger partial charge in [-0.25, -0.2) is 4.79 Å². The number of nitrogens with zero attached hydrogens (tertiary/aromatic N) is 1. The standard InChI is InChI=1S/C15H19NO4/c1-20-10-11-4-3-7-16(9-11)14(17)12-5-2-6-13(8-12)15(18)19/h2,5-6,8,11H,3-4,7,9-10H2,1H3,(H,18,19)/t11-/m1/s1. The quantitative estimate of drug-likeness (QED) is 0.912. The summed E-state index contributed by atoms with van der Waals surface area (Å²) < 4.78 is 5.15. The molecule has 1 fully saturated rings. The van der Waals surface area contributed by atoms with E-state index in [1.165, 1.54) is 12.1 Å². The SMILES string of the molecule is COC[C@@H]1CCCN(C(=O)c2cccc(C(=O)O)c2)C1. The molecule has 1 aromatic rings. The molecule has 1 N–H and O–H groups in total. The van der Waals surface area contributed by atoms with Gasteiger partial charge >= 0.3 is 5.97 Å². The van der Waals surface area contributed by atoms with Crippen LogP contribution in [0.4, 0.5) is 0 Å². The second-order valence-electron chi connectivity index (χ2n) is 5.10. The zero-order valence-electron chi connectivity index (χ0n) is 11.5. The van der Waals surface area contributed by atoms with Gasteiger partial charge in [0.15, 0.2) is 0 Å². The summed E-state index contributed by atoms with van der Waals surface area (Å²) in [6.07, 6.45) is 2.02. The molecule has 0 radical (unpaired) electrons. The molecule has 0 aromatic heterocycles. The van der Waals surface area contributed by atoms with Crippen LogP contribution < -0.4 is 0 Å². The number of hydrogen-bond donors (Lipinski definition) is 1. The van der Waals surface area contributed by atoms with E-state index >= 15 is 0 Å². The van der Waals surface area contributed by atoms with Gasteiger partial charge in [-0.05, 0) is 37.0 Å². The molecule has 1 heterocycles. The number of carboxylic acids is 1. The maximum absolute atomic E-state index is 12.4. The normalized spacial score (nSPS) is 18.9. The Morgan fingerprint density at radius 3 is 2.85 bits per heavy atom. The van der Waals surface area contributed by atoms with Crippen molar-refractivity contribution in [3.05, 3.63) is 35.4 Å². The van der Waals surface area contributed by atoms with Crippen molar-refractivity contribution in [1.29, 1.82) is 0 Å². The van der Waals surface area contributed by atoms with Crippen LogP contribution in [0.2, 0.25) is 0 Å². The van der Waals surface area contributed by atoms with Gasteiger partial charge < -0.3 is 14.7 Å². The van der Waals surface area contributed by atoms with Crippen molar-refractivity contribution in [2.75, 3.05) is 26.8 Å². The zero-order valence-corrected chi connectivity index (χ0v) is 11.5. The molecule has 5 heteroatoms. The van der Waals surface area contributed by atoms with Crippen LogP contribution in [0.5, 0.6) is 0 Å². The van der Waals surface area contributed by atoms with E-state index in [0.717, 1.165) is 19.4 Å². The number of hydrogen-bond acceptors (Lipinski definition) is 3. The van der Waals surface area contributed by atoms with Crippen molar-refractivity contribution in [3.63, 3.8) is 0 Å². The van der Waals surface area contributed by atoms with Crippen LogP contribution in [-0.4, -0.2) is 48.7 Å². The fourth-order valence-electron chi connectivity index (χ4n) is 2.59. The number of rotatable bonds is 4. The first kappa shape index (κ1) is 14.5. The van der Waals surface area contributed by atoms with Gasteiger partial charge in [0.25, 0.3) is 5.91 Å². The highest BCUT2D eigenvalue weighted by molar-refractivity contribution is 5.97. The number of ether oxygens (including phenoxy) is 1. The third-order valence-electron chi connectivity index (χ3n) is 3.57. The van der Waals surface area contributed by atoms with Crippen LogP contribution in [0.25, 0.3) is 0 Å². The molecule has 5 nitrogen and oxygen atoms in total. The molecule has 0 saturated carbocycles. The number of carbonyl (C=O) groups is 2. The van der Waals surface area contributed by atoms with Crippen molar-refractivity contribution in [3.8, 4) is 0 Å². The lowest BCUT2D eigenvalue weighted by Crippen LogP contribution is -2.41. The number of carboxylic acid groups (broad SMARTS) is 1. The van der Waals surface area contributed by atoms with E-state index in [1.54, 1.807) is 24.1 Å². The van der Waals surface area contributed by atoms with E-state index in [9.17, 15) is 9.59 Å². The summed E-state index contributed by atoms with van der Waals surface area (Å²) in [5, 5.41) is 8.97. The summed E-state index contributed by atoms with van der Waals surface area (Å²) in [5.74, 6) is -0.759. The summed E-state index contributed by atoms with van der Waals surface area (Å²) in [6.45, 7) is 2.04. The van der Waals surface area contributed by atoms with Crippen molar-refractivity contribution < 1.29 is 19.4 Å². The van der Waals surface area contributed by atoms with Crippen molar-refractivity contribution in [1.82, 2.24) is 4.90 Å². The highest BCUT2D eigenvalue weighted by Crippen LogP contribution is 2.19. The van der Waals surface area contributed by atoms with Crippen LogP contribution in [0.1, 0.15) is 33.6 Å². The number of piperidine rings is 1. The van der Waals surface area contributed by atoms with Gasteiger partial charge in [0.1, 0.15) is 0 Å². The lowest BCUT2D eigenvalue weighted by atomic mass is 9.98. The highest BCUT2D eigenvalue weighted by atomic mass is 16.5. The molecule has 0 unspecified atom stereocenters. The average molecular weight is 277 g/mol. The molecule has 20 heavy (non-hydrogen) atoms. The van der Waals surface area contributed by atoms with Crippen molar-refractivity contribution in [2.45, 2.75) is 12.8 Å². The van der Waals surface area contributed by atoms with E-state index in [-0.39, 0.29) is 11.5 Å². The fraction of sp³-hybridized carbons (Fsp3) is 0.467. The largest absolute Gasteiger partial charge is 0.478 e. The van der Waals surface area contributed by atoms with Crippen LogP contribution >= 0.6 is 0 Å². The van der Waals surface area contributed by atoms with Gasteiger partial charge in [-0.3, -0.25) is 4.79 Å². The van der Waals surface area contributed by atoms with Crippen LogP contribution in [0.15, 0.2) is 24.3 Å². The average Bonchev–Trinajstić information content (AvgIpc) is 2.47. The second-order valence-corrected chi connectivity index (χ2v) is 5.10. The summed E-state index contributed by atoms with van der Waals surface area (Å²) in [7, 11) is 1.66. The number of methoxy groups -OCH3 is 1. The molecule has 1 saturated heterocycles. The van der Waals surface area contributed by atoms with Crippen LogP contribution in [0.3, 0.4) is 0 Å². The zero-order chi connectivity index (χ0) is 14.5. The van der Waals surface area contributed by atoms with Gasteiger partial charge in [-0.15, -0.1) is 0 Å². The first-order chi connectivity index (χ1) is 9.61. The Morgan fingerprint density at radius 1 is 1.40 bits per heavy atom. The topological polar surface area (TPSA) is 66.8 Å². The Labute approximate surface area is 118 Å². The smallest absolute Gasteiger partial charge is 0.335 e. The highest BCUT2D eigenvalue weighted by Gasteiger charge is 2.24. The Kier molecular flexibility index (Phi) is 4.74. The van der Waals surface area contributed by atoms with Gasteiger partial charge in [-0.1, -0.05) is 6.07 Å².